The molecule has 2 nitrogen and oxygen atoms in total. The van der Waals surface area contributed by atoms with Gasteiger partial charge in [-0.2, -0.15) is 0 Å². The van der Waals surface area contributed by atoms with E-state index in [1.165, 1.54) is 0 Å². The summed E-state index contributed by atoms with van der Waals surface area (Å²) in [6.45, 7) is 7.00. The monoisotopic (exact) mass is 132 g/mol. The molecule has 56 valence electrons. The standard InChI is InChI=1S/C7H16O2/c1-5(2)7(4,9)6(3)8/h5-6,8-9H,1-4H3. The van der Waals surface area contributed by atoms with Gasteiger partial charge in [0, 0.05) is 0 Å². The molecular weight excluding hydrogens is 116 g/mol. The summed E-state index contributed by atoms with van der Waals surface area (Å²) in [4.78, 5) is 0. The van der Waals surface area contributed by atoms with Crippen LogP contribution >= 0.6 is 0 Å². The quantitative estimate of drug-likeness (QED) is 0.582. The summed E-state index contributed by atoms with van der Waals surface area (Å²) in [5.74, 6) is 0.0949. The van der Waals surface area contributed by atoms with Gasteiger partial charge in [0.1, 0.15) is 0 Å². The SMILES string of the molecule is CC(C)C(C)(O)C(C)O. The zero-order chi connectivity index (χ0) is 7.65. The molecule has 0 amide bonds. The molecule has 2 unspecified atom stereocenters. The van der Waals surface area contributed by atoms with E-state index in [0.29, 0.717) is 0 Å². The Morgan fingerprint density at radius 3 is 1.56 bits per heavy atom. The fourth-order valence-corrected chi connectivity index (χ4v) is 0.482. The molecule has 9 heavy (non-hydrogen) atoms. The van der Waals surface area contributed by atoms with Crippen LogP contribution in [0.25, 0.3) is 0 Å². The van der Waals surface area contributed by atoms with Crippen LogP contribution in [0.2, 0.25) is 0 Å². The number of rotatable bonds is 2. The molecule has 0 aromatic rings. The minimum atomic E-state index is -0.944. The Labute approximate surface area is 56.5 Å². The summed E-state index contributed by atoms with van der Waals surface area (Å²) in [6, 6.07) is 0. The molecule has 0 aliphatic heterocycles. The molecule has 0 aliphatic carbocycles. The molecule has 0 bridgehead atoms. The van der Waals surface area contributed by atoms with Crippen LogP contribution in [0.5, 0.6) is 0 Å². The third kappa shape index (κ3) is 1.95. The summed E-state index contributed by atoms with van der Waals surface area (Å²) in [7, 11) is 0. The topological polar surface area (TPSA) is 40.5 Å². The van der Waals surface area contributed by atoms with Crippen molar-refractivity contribution in [1.29, 1.82) is 0 Å². The Hall–Kier alpha value is -0.0800. The van der Waals surface area contributed by atoms with E-state index in [9.17, 15) is 5.11 Å². The normalized spacial score (nSPS) is 21.7. The van der Waals surface area contributed by atoms with Gasteiger partial charge in [0.05, 0.1) is 11.7 Å². The van der Waals surface area contributed by atoms with E-state index in [-0.39, 0.29) is 5.92 Å². The predicted molar refractivity (Wildman–Crippen MR) is 37.1 cm³/mol. The molecule has 0 spiro atoms. The lowest BCUT2D eigenvalue weighted by molar-refractivity contribution is -0.0831. The lowest BCUT2D eigenvalue weighted by atomic mass is 9.88. The molecule has 0 aromatic heterocycles. The molecular formula is C7H16O2. The number of aliphatic hydroxyl groups is 2. The van der Waals surface area contributed by atoms with Crippen molar-refractivity contribution in [1.82, 2.24) is 0 Å². The molecule has 0 saturated carbocycles. The first-order valence-electron chi connectivity index (χ1n) is 3.29. The van der Waals surface area contributed by atoms with Gasteiger partial charge in [-0.25, -0.2) is 0 Å². The van der Waals surface area contributed by atoms with Crippen molar-refractivity contribution < 1.29 is 10.2 Å². The molecule has 0 radical (unpaired) electrons. The van der Waals surface area contributed by atoms with Gasteiger partial charge in [0.25, 0.3) is 0 Å². The van der Waals surface area contributed by atoms with Crippen molar-refractivity contribution in [2.75, 3.05) is 0 Å². The van der Waals surface area contributed by atoms with Crippen LogP contribution in [0.15, 0.2) is 0 Å². The minimum Gasteiger partial charge on any atom is -0.390 e. The van der Waals surface area contributed by atoms with Crippen LogP contribution in [0.1, 0.15) is 27.7 Å². The molecule has 0 aliphatic rings. The van der Waals surface area contributed by atoms with E-state index in [4.69, 9.17) is 5.11 Å². The largest absolute Gasteiger partial charge is 0.390 e. The molecule has 0 heterocycles. The number of hydrogen-bond donors (Lipinski definition) is 2. The Balaban J connectivity index is 4.01. The van der Waals surface area contributed by atoms with Crippen LogP contribution in [0.4, 0.5) is 0 Å². The highest BCUT2D eigenvalue weighted by atomic mass is 16.3. The fourth-order valence-electron chi connectivity index (χ4n) is 0.482. The van der Waals surface area contributed by atoms with Crippen LogP contribution < -0.4 is 0 Å². The van der Waals surface area contributed by atoms with Gasteiger partial charge in [0.2, 0.25) is 0 Å². The first kappa shape index (κ1) is 8.92. The van der Waals surface area contributed by atoms with Gasteiger partial charge < -0.3 is 10.2 Å². The van der Waals surface area contributed by atoms with Crippen LogP contribution in [-0.4, -0.2) is 21.9 Å². The van der Waals surface area contributed by atoms with E-state index in [2.05, 4.69) is 0 Å². The zero-order valence-electron chi connectivity index (χ0n) is 6.55. The molecule has 0 rings (SSSR count). The first-order chi connectivity index (χ1) is 3.89. The predicted octanol–water partition coefficient (Wildman–Crippen LogP) is 0.774. The lowest BCUT2D eigenvalue weighted by Crippen LogP contribution is -2.42. The number of aliphatic hydroxyl groups excluding tert-OH is 1. The Kier molecular flexibility index (Phi) is 2.65. The van der Waals surface area contributed by atoms with E-state index >= 15 is 0 Å². The summed E-state index contributed by atoms with van der Waals surface area (Å²) >= 11 is 0. The van der Waals surface area contributed by atoms with Crippen molar-refractivity contribution in [2.45, 2.75) is 39.4 Å². The Morgan fingerprint density at radius 1 is 1.22 bits per heavy atom. The highest BCUT2D eigenvalue weighted by molar-refractivity contribution is 4.81. The third-order valence-electron chi connectivity index (χ3n) is 2.01. The van der Waals surface area contributed by atoms with Crippen LogP contribution in [-0.2, 0) is 0 Å². The summed E-state index contributed by atoms with van der Waals surface area (Å²) in [5.41, 5.74) is -0.944. The molecule has 2 heteroatoms. The van der Waals surface area contributed by atoms with Gasteiger partial charge in [-0.3, -0.25) is 0 Å². The highest BCUT2D eigenvalue weighted by Gasteiger charge is 2.29. The van der Waals surface area contributed by atoms with Crippen LogP contribution in [0, 0.1) is 5.92 Å². The zero-order valence-corrected chi connectivity index (χ0v) is 6.55. The summed E-state index contributed by atoms with van der Waals surface area (Å²) in [6.07, 6.45) is -0.655. The molecule has 2 atom stereocenters. The Bertz CT molecular complexity index is 74.9. The second-order valence-electron chi connectivity index (χ2n) is 3.06. The summed E-state index contributed by atoms with van der Waals surface area (Å²) < 4.78 is 0. The fraction of sp³-hybridized carbons (Fsp3) is 1.00. The van der Waals surface area contributed by atoms with E-state index < -0.39 is 11.7 Å². The van der Waals surface area contributed by atoms with Crippen molar-refractivity contribution >= 4 is 0 Å². The maximum absolute atomic E-state index is 9.42. The van der Waals surface area contributed by atoms with Crippen molar-refractivity contribution in [3.8, 4) is 0 Å². The van der Waals surface area contributed by atoms with Crippen molar-refractivity contribution in [2.24, 2.45) is 5.92 Å². The lowest BCUT2D eigenvalue weighted by Gasteiger charge is -2.30. The maximum atomic E-state index is 9.42. The van der Waals surface area contributed by atoms with E-state index in [1.54, 1.807) is 13.8 Å². The minimum absolute atomic E-state index is 0.0949. The maximum Gasteiger partial charge on any atom is 0.0897 e. The molecule has 0 saturated heterocycles. The van der Waals surface area contributed by atoms with Crippen LogP contribution in [0.3, 0.4) is 0 Å². The first-order valence-corrected chi connectivity index (χ1v) is 3.29. The summed E-state index contributed by atoms with van der Waals surface area (Å²) in [5, 5.41) is 18.4. The van der Waals surface area contributed by atoms with Gasteiger partial charge in [0.15, 0.2) is 0 Å². The Morgan fingerprint density at radius 2 is 1.56 bits per heavy atom. The van der Waals surface area contributed by atoms with E-state index in [0.717, 1.165) is 0 Å². The molecule has 0 fully saturated rings. The second-order valence-corrected chi connectivity index (χ2v) is 3.06. The van der Waals surface area contributed by atoms with Gasteiger partial charge >= 0.3 is 0 Å². The third-order valence-corrected chi connectivity index (χ3v) is 2.01. The second kappa shape index (κ2) is 2.67. The smallest absolute Gasteiger partial charge is 0.0897 e. The number of hydrogen-bond acceptors (Lipinski definition) is 2. The van der Waals surface area contributed by atoms with Gasteiger partial charge in [-0.05, 0) is 19.8 Å². The van der Waals surface area contributed by atoms with Crippen molar-refractivity contribution in [3.63, 3.8) is 0 Å². The van der Waals surface area contributed by atoms with Gasteiger partial charge in [-0.1, -0.05) is 13.8 Å². The molecule has 0 aromatic carbocycles. The van der Waals surface area contributed by atoms with Gasteiger partial charge in [-0.15, -0.1) is 0 Å². The average Bonchev–Trinajstić information content (AvgIpc) is 1.65. The van der Waals surface area contributed by atoms with E-state index in [1.807, 2.05) is 13.8 Å². The van der Waals surface area contributed by atoms with Crippen molar-refractivity contribution in [3.05, 3.63) is 0 Å². The highest BCUT2D eigenvalue weighted by Crippen LogP contribution is 2.19. The molecule has 2 N–H and O–H groups in total. The average molecular weight is 132 g/mol.